The average Bonchev–Trinajstić information content (AvgIpc) is 3.30. The molecule has 1 aromatic carbocycles. The SMILES string of the molecule is Cc1noc(C)c1CCNC(=O)c1ccc(N2CCOc3ccccc32)s1. The van der Waals surface area contributed by atoms with E-state index in [4.69, 9.17) is 9.26 Å². The van der Waals surface area contributed by atoms with E-state index in [0.717, 1.165) is 40.0 Å². The third kappa shape index (κ3) is 3.55. The van der Waals surface area contributed by atoms with Gasteiger partial charge in [-0.3, -0.25) is 4.79 Å². The Bertz CT molecular complexity index is 944. The van der Waals surface area contributed by atoms with Gasteiger partial charge in [0, 0.05) is 12.1 Å². The highest BCUT2D eigenvalue weighted by Crippen LogP contribution is 2.39. The van der Waals surface area contributed by atoms with Crippen molar-refractivity contribution in [3.63, 3.8) is 0 Å². The van der Waals surface area contributed by atoms with E-state index in [2.05, 4.69) is 15.4 Å². The Morgan fingerprint density at radius 3 is 2.93 bits per heavy atom. The second-order valence-electron chi connectivity index (χ2n) is 6.41. The van der Waals surface area contributed by atoms with Gasteiger partial charge < -0.3 is 19.5 Å². The van der Waals surface area contributed by atoms with Gasteiger partial charge in [0.05, 0.1) is 27.8 Å². The van der Waals surface area contributed by atoms with Crippen LogP contribution in [0.4, 0.5) is 10.7 Å². The highest BCUT2D eigenvalue weighted by atomic mass is 32.1. The number of fused-ring (bicyclic) bond motifs is 1. The smallest absolute Gasteiger partial charge is 0.261 e. The zero-order valence-electron chi connectivity index (χ0n) is 15.3. The van der Waals surface area contributed by atoms with Crippen LogP contribution in [0.25, 0.3) is 0 Å². The molecule has 6 nitrogen and oxygen atoms in total. The third-order valence-electron chi connectivity index (χ3n) is 4.65. The monoisotopic (exact) mass is 383 g/mol. The maximum Gasteiger partial charge on any atom is 0.261 e. The minimum atomic E-state index is -0.0560. The summed E-state index contributed by atoms with van der Waals surface area (Å²) in [5, 5.41) is 7.97. The Kier molecular flexibility index (Phi) is 4.85. The first-order valence-electron chi connectivity index (χ1n) is 8.92. The van der Waals surface area contributed by atoms with Gasteiger partial charge in [-0.25, -0.2) is 0 Å². The minimum Gasteiger partial charge on any atom is -0.490 e. The van der Waals surface area contributed by atoms with Crippen molar-refractivity contribution in [2.24, 2.45) is 0 Å². The zero-order valence-corrected chi connectivity index (χ0v) is 16.1. The molecule has 0 fully saturated rings. The van der Waals surface area contributed by atoms with Crippen molar-refractivity contribution in [1.82, 2.24) is 10.5 Å². The fourth-order valence-corrected chi connectivity index (χ4v) is 4.20. The minimum absolute atomic E-state index is 0.0560. The molecule has 0 saturated heterocycles. The van der Waals surface area contributed by atoms with Gasteiger partial charge in [0.1, 0.15) is 18.1 Å². The van der Waals surface area contributed by atoms with Crippen molar-refractivity contribution in [2.75, 3.05) is 24.6 Å². The van der Waals surface area contributed by atoms with E-state index in [0.29, 0.717) is 24.4 Å². The molecular weight excluding hydrogens is 362 g/mol. The van der Waals surface area contributed by atoms with Gasteiger partial charge in [-0.1, -0.05) is 17.3 Å². The molecule has 3 aromatic rings. The topological polar surface area (TPSA) is 67.6 Å². The van der Waals surface area contributed by atoms with E-state index >= 15 is 0 Å². The molecule has 1 aliphatic heterocycles. The lowest BCUT2D eigenvalue weighted by Crippen LogP contribution is -2.27. The van der Waals surface area contributed by atoms with Crippen LogP contribution in [0, 0.1) is 13.8 Å². The first-order valence-corrected chi connectivity index (χ1v) is 9.74. The molecule has 3 heterocycles. The number of anilines is 2. The van der Waals surface area contributed by atoms with Crippen LogP contribution in [-0.2, 0) is 6.42 Å². The quantitative estimate of drug-likeness (QED) is 0.725. The number of benzene rings is 1. The van der Waals surface area contributed by atoms with Crippen LogP contribution >= 0.6 is 11.3 Å². The summed E-state index contributed by atoms with van der Waals surface area (Å²) in [6.07, 6.45) is 0.710. The molecule has 7 heteroatoms. The molecule has 1 aliphatic rings. The fourth-order valence-electron chi connectivity index (χ4n) is 3.24. The van der Waals surface area contributed by atoms with Crippen LogP contribution < -0.4 is 15.0 Å². The molecule has 1 N–H and O–H groups in total. The second kappa shape index (κ2) is 7.44. The number of aromatic nitrogens is 1. The van der Waals surface area contributed by atoms with Gasteiger partial charge in [0.2, 0.25) is 0 Å². The Balaban J connectivity index is 1.41. The number of rotatable bonds is 5. The van der Waals surface area contributed by atoms with Crippen LogP contribution in [0.1, 0.15) is 26.7 Å². The number of hydrogen-bond acceptors (Lipinski definition) is 6. The number of ether oxygens (including phenoxy) is 1. The molecular formula is C20H21N3O3S. The number of carbonyl (C=O) groups excluding carboxylic acids is 1. The summed E-state index contributed by atoms with van der Waals surface area (Å²) in [7, 11) is 0. The van der Waals surface area contributed by atoms with E-state index in [1.54, 1.807) is 0 Å². The lowest BCUT2D eigenvalue weighted by molar-refractivity contribution is 0.0958. The maximum atomic E-state index is 12.5. The molecule has 1 amide bonds. The molecule has 2 aromatic heterocycles. The first kappa shape index (κ1) is 17.6. The number of aryl methyl sites for hydroxylation is 2. The number of hydrogen-bond donors (Lipinski definition) is 1. The van der Waals surface area contributed by atoms with Crippen LogP contribution in [-0.4, -0.2) is 30.8 Å². The van der Waals surface area contributed by atoms with Gasteiger partial charge in [-0.05, 0) is 44.5 Å². The third-order valence-corrected chi connectivity index (χ3v) is 5.76. The number of amides is 1. The lowest BCUT2D eigenvalue weighted by Gasteiger charge is -2.29. The lowest BCUT2D eigenvalue weighted by atomic mass is 10.1. The highest BCUT2D eigenvalue weighted by Gasteiger charge is 2.21. The molecule has 0 unspecified atom stereocenters. The number of nitrogens with zero attached hydrogens (tertiary/aromatic N) is 2. The van der Waals surface area contributed by atoms with Crippen LogP contribution in [0.3, 0.4) is 0 Å². The predicted octanol–water partition coefficient (Wildman–Crippen LogP) is 3.86. The molecule has 0 radical (unpaired) electrons. The van der Waals surface area contributed by atoms with Crippen molar-refractivity contribution < 1.29 is 14.1 Å². The summed E-state index contributed by atoms with van der Waals surface area (Å²) < 4.78 is 10.9. The van der Waals surface area contributed by atoms with Crippen LogP contribution in [0.15, 0.2) is 40.9 Å². The van der Waals surface area contributed by atoms with Gasteiger partial charge in [-0.2, -0.15) is 0 Å². The fraction of sp³-hybridized carbons (Fsp3) is 0.300. The number of nitrogens with one attached hydrogen (secondary N) is 1. The number of thiophene rings is 1. The van der Waals surface area contributed by atoms with Gasteiger partial charge in [0.15, 0.2) is 0 Å². The average molecular weight is 383 g/mol. The van der Waals surface area contributed by atoms with Gasteiger partial charge in [-0.15, -0.1) is 11.3 Å². The summed E-state index contributed by atoms with van der Waals surface area (Å²) in [4.78, 5) is 15.4. The Morgan fingerprint density at radius 2 is 2.11 bits per heavy atom. The molecule has 140 valence electrons. The highest BCUT2D eigenvalue weighted by molar-refractivity contribution is 7.18. The van der Waals surface area contributed by atoms with Crippen LogP contribution in [0.2, 0.25) is 0 Å². The number of carbonyl (C=O) groups is 1. The Hall–Kier alpha value is -2.80. The first-order chi connectivity index (χ1) is 13.1. The summed E-state index contributed by atoms with van der Waals surface area (Å²) in [5.74, 6) is 1.63. The molecule has 0 bridgehead atoms. The predicted molar refractivity (Wildman–Crippen MR) is 105 cm³/mol. The van der Waals surface area contributed by atoms with E-state index in [9.17, 15) is 4.79 Å². The van der Waals surface area contributed by atoms with E-state index in [-0.39, 0.29) is 5.91 Å². The normalized spacial score (nSPS) is 13.2. The molecule has 0 spiro atoms. The van der Waals surface area contributed by atoms with Gasteiger partial charge in [0.25, 0.3) is 5.91 Å². The van der Waals surface area contributed by atoms with Crippen molar-refractivity contribution in [2.45, 2.75) is 20.3 Å². The molecule has 0 aliphatic carbocycles. The second-order valence-corrected chi connectivity index (χ2v) is 7.48. The van der Waals surface area contributed by atoms with E-state index in [1.165, 1.54) is 11.3 Å². The van der Waals surface area contributed by atoms with Crippen LogP contribution in [0.5, 0.6) is 5.75 Å². The van der Waals surface area contributed by atoms with E-state index in [1.807, 2.05) is 50.2 Å². The standard InChI is InChI=1S/C20H21N3O3S/c1-13-15(14(2)26-22-13)9-10-21-20(24)18-7-8-19(27-18)23-11-12-25-17-6-4-3-5-16(17)23/h3-8H,9-12H2,1-2H3,(H,21,24). The van der Waals surface area contributed by atoms with Crippen molar-refractivity contribution in [3.8, 4) is 5.75 Å². The maximum absolute atomic E-state index is 12.5. The molecule has 0 atom stereocenters. The Labute approximate surface area is 161 Å². The van der Waals surface area contributed by atoms with E-state index < -0.39 is 0 Å². The summed E-state index contributed by atoms with van der Waals surface area (Å²) in [6.45, 7) is 5.76. The summed E-state index contributed by atoms with van der Waals surface area (Å²) >= 11 is 1.49. The number of para-hydroxylation sites is 2. The molecule has 27 heavy (non-hydrogen) atoms. The zero-order chi connectivity index (χ0) is 18.8. The molecule has 0 saturated carbocycles. The van der Waals surface area contributed by atoms with Crippen molar-refractivity contribution >= 4 is 27.9 Å². The summed E-state index contributed by atoms with van der Waals surface area (Å²) in [5.41, 5.74) is 2.98. The van der Waals surface area contributed by atoms with Gasteiger partial charge >= 0.3 is 0 Å². The van der Waals surface area contributed by atoms with Crippen molar-refractivity contribution in [3.05, 3.63) is 58.3 Å². The Morgan fingerprint density at radius 1 is 1.26 bits per heavy atom. The molecule has 4 rings (SSSR count). The summed E-state index contributed by atoms with van der Waals surface area (Å²) in [6, 6.07) is 11.8. The largest absolute Gasteiger partial charge is 0.490 e. The van der Waals surface area contributed by atoms with Crippen molar-refractivity contribution in [1.29, 1.82) is 0 Å².